The third-order valence-electron chi connectivity index (χ3n) is 3.31. The average molecular weight is 378 g/mol. The Morgan fingerprint density at radius 2 is 2.17 bits per heavy atom. The van der Waals surface area contributed by atoms with Crippen LogP contribution in [0.25, 0.3) is 0 Å². The van der Waals surface area contributed by atoms with E-state index in [1.54, 1.807) is 17.8 Å². The molecule has 0 bridgehead atoms. The molecule has 98 valence electrons. The van der Waals surface area contributed by atoms with Crippen molar-refractivity contribution >= 4 is 45.2 Å². The first-order valence-electron chi connectivity index (χ1n) is 6.03. The second-order valence-corrected chi connectivity index (χ2v) is 6.51. The Hall–Kier alpha value is -0.300. The molecule has 18 heavy (non-hydrogen) atoms. The summed E-state index contributed by atoms with van der Waals surface area (Å²) in [4.78, 5) is 4.79. The zero-order chi connectivity index (χ0) is 13.2. The minimum absolute atomic E-state index is 0.0818. The predicted octanol–water partition coefficient (Wildman–Crippen LogP) is 4.50. The number of nitrogens with one attached hydrogen (secondary N) is 1. The number of rotatable bonds is 3. The molecule has 0 saturated heterocycles. The molecule has 2 rings (SSSR count). The molecule has 1 aliphatic rings. The van der Waals surface area contributed by atoms with Crippen molar-refractivity contribution in [1.82, 2.24) is 0 Å². The van der Waals surface area contributed by atoms with Gasteiger partial charge < -0.3 is 5.32 Å². The van der Waals surface area contributed by atoms with E-state index in [-0.39, 0.29) is 11.4 Å². The van der Waals surface area contributed by atoms with Crippen LogP contribution in [0.15, 0.2) is 23.2 Å². The lowest BCUT2D eigenvalue weighted by Gasteiger charge is -2.20. The maximum Gasteiger partial charge on any atom is 0.161 e. The molecule has 1 aromatic rings. The highest BCUT2D eigenvalue weighted by Crippen LogP contribution is 2.34. The van der Waals surface area contributed by atoms with E-state index in [1.807, 2.05) is 0 Å². The third-order valence-corrected chi connectivity index (χ3v) is 5.35. The molecule has 0 aromatic heterocycles. The van der Waals surface area contributed by atoms with Crippen LogP contribution in [-0.4, -0.2) is 16.5 Å². The van der Waals surface area contributed by atoms with Crippen LogP contribution < -0.4 is 5.32 Å². The summed E-state index contributed by atoms with van der Waals surface area (Å²) < 4.78 is 13.9. The summed E-state index contributed by atoms with van der Waals surface area (Å²) in [6.07, 6.45) is 2.12. The van der Waals surface area contributed by atoms with Gasteiger partial charge in [0, 0.05) is 9.32 Å². The summed E-state index contributed by atoms with van der Waals surface area (Å²) in [7, 11) is 0. The second-order valence-electron chi connectivity index (χ2n) is 4.39. The van der Waals surface area contributed by atoms with E-state index in [0.717, 1.165) is 33.0 Å². The summed E-state index contributed by atoms with van der Waals surface area (Å²) in [6, 6.07) is 4.76. The van der Waals surface area contributed by atoms with Gasteiger partial charge in [-0.2, -0.15) is 0 Å². The van der Waals surface area contributed by atoms with Gasteiger partial charge in [0.05, 0.1) is 11.2 Å². The number of aliphatic imine (C=N–C) groups is 1. The van der Waals surface area contributed by atoms with Gasteiger partial charge in [0.15, 0.2) is 5.17 Å². The highest BCUT2D eigenvalue weighted by molar-refractivity contribution is 14.1. The molecular weight excluding hydrogens is 362 g/mol. The predicted molar refractivity (Wildman–Crippen MR) is 85.9 cm³/mol. The first-order valence-corrected chi connectivity index (χ1v) is 8.10. The minimum Gasteiger partial charge on any atom is -0.334 e. The maximum atomic E-state index is 13.0. The molecule has 0 unspecified atom stereocenters. The molecule has 0 aliphatic carbocycles. The molecule has 0 amide bonds. The van der Waals surface area contributed by atoms with Crippen LogP contribution in [0, 0.1) is 9.39 Å². The molecule has 0 fully saturated rings. The Morgan fingerprint density at radius 3 is 2.72 bits per heavy atom. The summed E-state index contributed by atoms with van der Waals surface area (Å²) in [5.74, 6) is 0.822. The fourth-order valence-electron chi connectivity index (χ4n) is 1.86. The molecule has 1 heterocycles. The molecule has 1 aliphatic heterocycles. The molecule has 0 spiro atoms. The van der Waals surface area contributed by atoms with Crippen LogP contribution in [0.2, 0.25) is 0 Å². The van der Waals surface area contributed by atoms with Crippen molar-refractivity contribution in [3.8, 4) is 0 Å². The molecular formula is C13H16FIN2S. The van der Waals surface area contributed by atoms with Gasteiger partial charge in [0.2, 0.25) is 0 Å². The summed E-state index contributed by atoms with van der Waals surface area (Å²) in [5.41, 5.74) is 1.00. The van der Waals surface area contributed by atoms with E-state index in [2.05, 4.69) is 41.8 Å². The zero-order valence-corrected chi connectivity index (χ0v) is 13.4. The number of hydrogen-bond donors (Lipinski definition) is 1. The van der Waals surface area contributed by atoms with Gasteiger partial charge in [-0.15, -0.1) is 0 Å². The lowest BCUT2D eigenvalue weighted by atomic mass is 9.97. The molecule has 1 N–H and O–H groups in total. The lowest BCUT2D eigenvalue weighted by molar-refractivity contribution is 0.456. The molecule has 1 aromatic carbocycles. The standard InChI is InChI=1S/C13H16FIN2S/c1-3-13(4-2)8-18-12(17-13)16-11-6-5-9(14)7-10(11)15/h5-7H,3-4,8H2,1-2H3,(H,16,17). The highest BCUT2D eigenvalue weighted by Gasteiger charge is 2.32. The quantitative estimate of drug-likeness (QED) is 0.783. The smallest absolute Gasteiger partial charge is 0.161 e. The largest absolute Gasteiger partial charge is 0.334 e. The Morgan fingerprint density at radius 1 is 1.44 bits per heavy atom. The minimum atomic E-state index is -0.206. The fraction of sp³-hybridized carbons (Fsp3) is 0.462. The summed E-state index contributed by atoms with van der Waals surface area (Å²) >= 11 is 3.88. The number of nitrogens with zero attached hydrogens (tertiary/aromatic N) is 1. The van der Waals surface area contributed by atoms with Gasteiger partial charge in [-0.25, -0.2) is 4.39 Å². The third kappa shape index (κ3) is 2.99. The van der Waals surface area contributed by atoms with Crippen molar-refractivity contribution in [1.29, 1.82) is 0 Å². The summed E-state index contributed by atoms with van der Waals surface area (Å²) in [5, 5.41) is 4.25. The molecule has 2 nitrogen and oxygen atoms in total. The highest BCUT2D eigenvalue weighted by atomic mass is 127. The van der Waals surface area contributed by atoms with Crippen molar-refractivity contribution in [3.05, 3.63) is 27.6 Å². The average Bonchev–Trinajstić information content (AvgIpc) is 2.77. The normalized spacial score (nSPS) is 17.7. The number of benzene rings is 1. The van der Waals surface area contributed by atoms with Crippen LogP contribution in [0.5, 0.6) is 0 Å². The monoisotopic (exact) mass is 378 g/mol. The first-order chi connectivity index (χ1) is 8.58. The van der Waals surface area contributed by atoms with Crippen LogP contribution in [0.4, 0.5) is 10.1 Å². The van der Waals surface area contributed by atoms with Crippen LogP contribution in [0.1, 0.15) is 26.7 Å². The van der Waals surface area contributed by atoms with Crippen molar-refractivity contribution in [3.63, 3.8) is 0 Å². The molecule has 5 heteroatoms. The van der Waals surface area contributed by atoms with E-state index in [0.29, 0.717) is 0 Å². The van der Waals surface area contributed by atoms with Crippen LogP contribution >= 0.6 is 34.4 Å². The van der Waals surface area contributed by atoms with Crippen molar-refractivity contribution in [2.75, 3.05) is 11.1 Å². The van der Waals surface area contributed by atoms with Gasteiger partial charge >= 0.3 is 0 Å². The number of amidine groups is 1. The Labute approximate surface area is 125 Å². The first kappa shape index (κ1) is 14.1. The van der Waals surface area contributed by atoms with Crippen molar-refractivity contribution in [2.45, 2.75) is 32.2 Å². The van der Waals surface area contributed by atoms with Gasteiger partial charge in [-0.1, -0.05) is 25.6 Å². The van der Waals surface area contributed by atoms with Crippen molar-refractivity contribution in [2.24, 2.45) is 4.99 Å². The molecule has 0 atom stereocenters. The van der Waals surface area contributed by atoms with Gasteiger partial charge in [-0.05, 0) is 53.6 Å². The zero-order valence-electron chi connectivity index (χ0n) is 10.5. The van der Waals surface area contributed by atoms with Crippen LogP contribution in [-0.2, 0) is 0 Å². The second kappa shape index (κ2) is 5.77. The number of anilines is 1. The van der Waals surface area contributed by atoms with E-state index in [1.165, 1.54) is 12.1 Å². The Kier molecular flexibility index (Phi) is 4.53. The van der Waals surface area contributed by atoms with E-state index in [4.69, 9.17) is 4.99 Å². The number of hydrogen-bond acceptors (Lipinski definition) is 3. The number of halogens is 2. The van der Waals surface area contributed by atoms with E-state index in [9.17, 15) is 4.39 Å². The van der Waals surface area contributed by atoms with Gasteiger partial charge in [0.1, 0.15) is 5.82 Å². The Bertz CT molecular complexity index is 472. The summed E-state index contributed by atoms with van der Waals surface area (Å²) in [6.45, 7) is 4.36. The van der Waals surface area contributed by atoms with E-state index >= 15 is 0 Å². The van der Waals surface area contributed by atoms with Crippen LogP contribution in [0.3, 0.4) is 0 Å². The van der Waals surface area contributed by atoms with Crippen molar-refractivity contribution < 1.29 is 4.39 Å². The van der Waals surface area contributed by atoms with E-state index < -0.39 is 0 Å². The molecule has 0 saturated carbocycles. The Balaban J connectivity index is 2.15. The number of thioether (sulfide) groups is 1. The topological polar surface area (TPSA) is 24.4 Å². The van der Waals surface area contributed by atoms with Gasteiger partial charge in [-0.3, -0.25) is 4.99 Å². The van der Waals surface area contributed by atoms with Gasteiger partial charge in [0.25, 0.3) is 0 Å². The fourth-order valence-corrected chi connectivity index (χ4v) is 3.80. The SMILES string of the molecule is CCC1(CC)CSC(Nc2ccc(F)cc2I)=N1. The lowest BCUT2D eigenvalue weighted by Crippen LogP contribution is -2.24. The maximum absolute atomic E-state index is 13.0. The molecule has 0 radical (unpaired) electrons.